The molecule has 0 bridgehead atoms. The third-order valence-electron chi connectivity index (χ3n) is 3.47. The molecule has 0 aliphatic rings. The van der Waals surface area contributed by atoms with Crippen molar-refractivity contribution in [2.45, 2.75) is 13.8 Å². The van der Waals surface area contributed by atoms with Crippen LogP contribution in [0.25, 0.3) is 21.5 Å². The molecule has 0 atom stereocenters. The van der Waals surface area contributed by atoms with Gasteiger partial charge in [0.1, 0.15) is 0 Å². The molecular formula is C16H15Li. The number of fused-ring (bicyclic) bond motifs is 3. The van der Waals surface area contributed by atoms with Crippen molar-refractivity contribution in [1.82, 2.24) is 0 Å². The monoisotopic (exact) mass is 214 g/mol. The summed E-state index contributed by atoms with van der Waals surface area (Å²) in [6.07, 6.45) is 0. The summed E-state index contributed by atoms with van der Waals surface area (Å²) < 4.78 is 0. The Hall–Kier alpha value is -1.22. The third-order valence-corrected chi connectivity index (χ3v) is 3.47. The summed E-state index contributed by atoms with van der Waals surface area (Å²) >= 11 is 0. The van der Waals surface area contributed by atoms with Crippen LogP contribution in [0.3, 0.4) is 0 Å². The fraction of sp³-hybridized carbons (Fsp3) is 0.125. The van der Waals surface area contributed by atoms with Crippen molar-refractivity contribution in [3.05, 3.63) is 59.7 Å². The fourth-order valence-electron chi connectivity index (χ4n) is 2.35. The first-order valence-corrected chi connectivity index (χ1v) is 5.65. The number of benzene rings is 3. The Kier molecular flexibility index (Phi) is 3.29. The summed E-state index contributed by atoms with van der Waals surface area (Å²) in [4.78, 5) is 0. The van der Waals surface area contributed by atoms with Crippen LogP contribution in [-0.2, 0) is 0 Å². The Balaban J connectivity index is 0.00000108. The summed E-state index contributed by atoms with van der Waals surface area (Å²) in [6.45, 7) is 4.37. The van der Waals surface area contributed by atoms with E-state index < -0.39 is 0 Å². The normalized spacial score (nSPS) is 10.5. The quantitative estimate of drug-likeness (QED) is 0.392. The molecule has 3 aromatic carbocycles. The van der Waals surface area contributed by atoms with Gasteiger partial charge in [-0.2, -0.15) is 0 Å². The second-order valence-corrected chi connectivity index (χ2v) is 4.39. The molecule has 0 fully saturated rings. The Morgan fingerprint density at radius 1 is 0.647 bits per heavy atom. The van der Waals surface area contributed by atoms with Crippen LogP contribution < -0.4 is 0 Å². The zero-order valence-electron chi connectivity index (χ0n) is 9.62. The first kappa shape index (κ1) is 12.2. The van der Waals surface area contributed by atoms with E-state index in [0.29, 0.717) is 0 Å². The van der Waals surface area contributed by atoms with Gasteiger partial charge in [0.05, 0.1) is 0 Å². The van der Waals surface area contributed by atoms with Gasteiger partial charge in [0.15, 0.2) is 0 Å². The zero-order chi connectivity index (χ0) is 11.1. The van der Waals surface area contributed by atoms with E-state index in [1.165, 1.54) is 32.7 Å². The van der Waals surface area contributed by atoms with Crippen LogP contribution in [0.4, 0.5) is 0 Å². The van der Waals surface area contributed by atoms with Crippen LogP contribution in [0.2, 0.25) is 0 Å². The third kappa shape index (κ3) is 1.88. The van der Waals surface area contributed by atoms with E-state index >= 15 is 0 Å². The topological polar surface area (TPSA) is 0 Å². The van der Waals surface area contributed by atoms with E-state index in [2.05, 4.69) is 62.4 Å². The Labute approximate surface area is 114 Å². The van der Waals surface area contributed by atoms with E-state index in [-0.39, 0.29) is 18.9 Å². The molecule has 0 N–H and O–H groups in total. The average Bonchev–Trinajstić information content (AvgIpc) is 2.33. The van der Waals surface area contributed by atoms with E-state index in [1.807, 2.05) is 0 Å². The molecule has 17 heavy (non-hydrogen) atoms. The maximum absolute atomic E-state index is 2.24. The molecule has 0 spiro atoms. The van der Waals surface area contributed by atoms with Crippen LogP contribution in [0, 0.1) is 13.8 Å². The first-order chi connectivity index (χ1) is 7.77. The van der Waals surface area contributed by atoms with E-state index in [1.54, 1.807) is 0 Å². The molecule has 0 heterocycles. The van der Waals surface area contributed by atoms with Crippen LogP contribution in [-0.4, -0.2) is 18.9 Å². The Bertz CT molecular complexity index is 683. The Morgan fingerprint density at radius 2 is 1.35 bits per heavy atom. The van der Waals surface area contributed by atoms with Gasteiger partial charge in [-0.1, -0.05) is 48.5 Å². The van der Waals surface area contributed by atoms with Gasteiger partial charge in [-0.05, 0) is 46.5 Å². The van der Waals surface area contributed by atoms with Crippen LogP contribution >= 0.6 is 0 Å². The van der Waals surface area contributed by atoms with Crippen molar-refractivity contribution in [3.8, 4) is 0 Å². The number of hydrogen-bond acceptors (Lipinski definition) is 0. The second kappa shape index (κ2) is 4.57. The fourth-order valence-corrected chi connectivity index (χ4v) is 2.35. The second-order valence-electron chi connectivity index (χ2n) is 4.39. The predicted octanol–water partition coefficient (Wildman–Crippen LogP) is 3.96. The average molecular weight is 214 g/mol. The molecule has 1 heteroatoms. The van der Waals surface area contributed by atoms with Gasteiger partial charge in [-0.25, -0.2) is 0 Å². The van der Waals surface area contributed by atoms with Crippen molar-refractivity contribution >= 4 is 40.4 Å². The number of rotatable bonds is 0. The van der Waals surface area contributed by atoms with Crippen LogP contribution in [0.1, 0.15) is 11.1 Å². The van der Waals surface area contributed by atoms with Crippen molar-refractivity contribution in [1.29, 1.82) is 0 Å². The van der Waals surface area contributed by atoms with Gasteiger partial charge in [0.2, 0.25) is 0 Å². The van der Waals surface area contributed by atoms with Gasteiger partial charge < -0.3 is 0 Å². The molecule has 0 aliphatic heterocycles. The molecule has 0 aliphatic carbocycles. The summed E-state index contributed by atoms with van der Waals surface area (Å²) in [5, 5.41) is 5.40. The van der Waals surface area contributed by atoms with Gasteiger partial charge in [0, 0.05) is 0 Å². The SMILES string of the molecule is Cc1ccc2c(ccc3ccccc32)c1C.[LiH]. The zero-order valence-corrected chi connectivity index (χ0v) is 9.62. The molecule has 0 saturated carbocycles. The van der Waals surface area contributed by atoms with E-state index in [4.69, 9.17) is 0 Å². The molecule has 0 unspecified atom stereocenters. The predicted molar refractivity (Wildman–Crippen MR) is 78.1 cm³/mol. The minimum atomic E-state index is 0. The molecular weight excluding hydrogens is 199 g/mol. The first-order valence-electron chi connectivity index (χ1n) is 5.65. The summed E-state index contributed by atoms with van der Waals surface area (Å²) in [5.41, 5.74) is 2.76. The van der Waals surface area contributed by atoms with Gasteiger partial charge >= 0.3 is 18.9 Å². The molecule has 0 radical (unpaired) electrons. The molecule has 3 rings (SSSR count). The molecule has 0 amide bonds. The molecule has 0 saturated heterocycles. The molecule has 80 valence electrons. The van der Waals surface area contributed by atoms with Gasteiger partial charge in [-0.15, -0.1) is 0 Å². The number of hydrogen-bond donors (Lipinski definition) is 0. The summed E-state index contributed by atoms with van der Waals surface area (Å²) in [7, 11) is 0. The van der Waals surface area contributed by atoms with Crippen LogP contribution in [0.5, 0.6) is 0 Å². The summed E-state index contributed by atoms with van der Waals surface area (Å²) in [6, 6.07) is 17.5. The maximum atomic E-state index is 2.24. The van der Waals surface area contributed by atoms with Gasteiger partial charge in [-0.3, -0.25) is 0 Å². The number of aryl methyl sites for hydroxylation is 2. The van der Waals surface area contributed by atoms with Gasteiger partial charge in [0.25, 0.3) is 0 Å². The molecule has 0 aromatic heterocycles. The van der Waals surface area contributed by atoms with Crippen molar-refractivity contribution < 1.29 is 0 Å². The molecule has 3 aromatic rings. The summed E-state index contributed by atoms with van der Waals surface area (Å²) in [5.74, 6) is 0. The van der Waals surface area contributed by atoms with E-state index in [9.17, 15) is 0 Å². The van der Waals surface area contributed by atoms with E-state index in [0.717, 1.165) is 0 Å². The van der Waals surface area contributed by atoms with Crippen molar-refractivity contribution in [2.24, 2.45) is 0 Å². The standard InChI is InChI=1S/C16H14.Li.H/c1-11-7-9-16-14(12(11)2)10-8-13-5-3-4-6-15(13)16;;/h3-10H,1-2H3;;. The van der Waals surface area contributed by atoms with Crippen LogP contribution in [0.15, 0.2) is 48.5 Å². The minimum absolute atomic E-state index is 0. The van der Waals surface area contributed by atoms with Crippen molar-refractivity contribution in [3.63, 3.8) is 0 Å². The Morgan fingerprint density at radius 3 is 2.18 bits per heavy atom. The molecule has 0 nitrogen and oxygen atoms in total. The van der Waals surface area contributed by atoms with Crippen molar-refractivity contribution in [2.75, 3.05) is 0 Å².